The molecule has 2 aliphatic rings. The van der Waals surface area contributed by atoms with E-state index < -0.39 is 15.3 Å². The van der Waals surface area contributed by atoms with Crippen LogP contribution < -0.4 is 10.1 Å². The summed E-state index contributed by atoms with van der Waals surface area (Å²) in [4.78, 5) is 17.0. The van der Waals surface area contributed by atoms with Gasteiger partial charge in [0.2, 0.25) is 5.44 Å². The molecule has 2 N–H and O–H groups in total. The first-order valence-corrected chi connectivity index (χ1v) is 15.8. The summed E-state index contributed by atoms with van der Waals surface area (Å²) in [5.74, 6) is 1.72. The van der Waals surface area contributed by atoms with Crippen molar-refractivity contribution >= 4 is 31.8 Å². The van der Waals surface area contributed by atoms with E-state index in [0.717, 1.165) is 78.5 Å². The molecule has 1 saturated carbocycles. The maximum atomic E-state index is 13.9. The molecule has 3 aromatic heterocycles. The molecule has 1 aromatic carbocycles. The number of sulfone groups is 1. The number of rotatable bonds is 7. The van der Waals surface area contributed by atoms with Gasteiger partial charge in [-0.05, 0) is 94.2 Å². The lowest BCUT2D eigenvalue weighted by Crippen LogP contribution is -2.45. The van der Waals surface area contributed by atoms with Crippen LogP contribution in [0.5, 0.6) is 5.75 Å². The topological polar surface area (TPSA) is 134 Å². The van der Waals surface area contributed by atoms with Crippen molar-refractivity contribution in [3.05, 3.63) is 59.8 Å². The number of hydrogen-bond donors (Lipinski definition) is 2. The van der Waals surface area contributed by atoms with Crippen LogP contribution in [-0.2, 0) is 9.84 Å². The van der Waals surface area contributed by atoms with Crippen LogP contribution >= 0.6 is 0 Å². The van der Waals surface area contributed by atoms with Gasteiger partial charge in [-0.15, -0.1) is 0 Å². The number of aromatic amines is 1. The predicted octanol–water partition coefficient (Wildman–Crippen LogP) is 4.78. The highest BCUT2D eigenvalue weighted by Crippen LogP contribution is 2.40. The zero-order chi connectivity index (χ0) is 27.7. The molecule has 40 heavy (non-hydrogen) atoms. The van der Waals surface area contributed by atoms with Crippen LogP contribution in [0.2, 0.25) is 0 Å². The van der Waals surface area contributed by atoms with Gasteiger partial charge in [-0.3, -0.25) is 0 Å². The fourth-order valence-electron chi connectivity index (χ4n) is 6.45. The third-order valence-corrected chi connectivity index (χ3v) is 10.5. The van der Waals surface area contributed by atoms with Crippen molar-refractivity contribution in [3.63, 3.8) is 0 Å². The van der Waals surface area contributed by atoms with Crippen molar-refractivity contribution in [1.29, 1.82) is 5.26 Å². The van der Waals surface area contributed by atoms with E-state index in [1.54, 1.807) is 36.7 Å². The summed E-state index contributed by atoms with van der Waals surface area (Å²) in [6, 6.07) is 10.8. The molecule has 0 spiro atoms. The predicted molar refractivity (Wildman–Crippen MR) is 154 cm³/mol. The van der Waals surface area contributed by atoms with Crippen molar-refractivity contribution in [1.82, 2.24) is 25.3 Å². The van der Waals surface area contributed by atoms with Crippen molar-refractivity contribution in [2.24, 2.45) is 11.8 Å². The maximum absolute atomic E-state index is 13.9. The molecule has 2 atom stereocenters. The van der Waals surface area contributed by atoms with Crippen LogP contribution in [0.3, 0.4) is 0 Å². The van der Waals surface area contributed by atoms with E-state index in [1.807, 2.05) is 13.0 Å². The van der Waals surface area contributed by atoms with Crippen molar-refractivity contribution in [2.75, 3.05) is 18.8 Å². The number of nitrogens with zero attached hydrogens (tertiary/aromatic N) is 4. The summed E-state index contributed by atoms with van der Waals surface area (Å²) in [7, 11) is -3.54. The minimum Gasteiger partial charge on any atom is -0.474 e. The van der Waals surface area contributed by atoms with E-state index in [-0.39, 0.29) is 23.5 Å². The van der Waals surface area contributed by atoms with Crippen molar-refractivity contribution in [2.45, 2.75) is 56.8 Å². The second-order valence-corrected chi connectivity index (χ2v) is 13.3. The summed E-state index contributed by atoms with van der Waals surface area (Å²) < 4.78 is 33.9. The number of hydrogen-bond acceptors (Lipinski definition) is 8. The highest BCUT2D eigenvalue weighted by molar-refractivity contribution is 7.91. The Labute approximate surface area is 234 Å². The molecule has 0 amide bonds. The Morgan fingerprint density at radius 3 is 2.62 bits per heavy atom. The Bertz CT molecular complexity index is 1650. The van der Waals surface area contributed by atoms with Gasteiger partial charge in [-0.2, -0.15) is 5.26 Å². The lowest BCUT2D eigenvalue weighted by atomic mass is 9.80. The Balaban J connectivity index is 1.19. The van der Waals surface area contributed by atoms with E-state index in [0.29, 0.717) is 17.9 Å². The number of pyridine rings is 1. The van der Waals surface area contributed by atoms with Gasteiger partial charge < -0.3 is 15.0 Å². The normalized spacial score (nSPS) is 22.6. The van der Waals surface area contributed by atoms with Gasteiger partial charge >= 0.3 is 0 Å². The molecule has 9 nitrogen and oxygen atoms in total. The first-order chi connectivity index (χ1) is 19.4. The quantitative estimate of drug-likeness (QED) is 0.331. The average molecular weight is 559 g/mol. The summed E-state index contributed by atoms with van der Waals surface area (Å²) in [5, 5.41) is 14.5. The molecule has 6 rings (SSSR count). The second-order valence-electron chi connectivity index (χ2n) is 11.2. The van der Waals surface area contributed by atoms with Crippen LogP contribution in [0.1, 0.15) is 61.5 Å². The second kappa shape index (κ2) is 11.1. The van der Waals surface area contributed by atoms with Crippen LogP contribution in [0.25, 0.3) is 21.9 Å². The molecule has 208 valence electrons. The van der Waals surface area contributed by atoms with Gasteiger partial charge in [-0.1, -0.05) is 0 Å². The van der Waals surface area contributed by atoms with Crippen LogP contribution in [0.4, 0.5) is 0 Å². The molecule has 10 heteroatoms. The number of benzene rings is 1. The van der Waals surface area contributed by atoms with Gasteiger partial charge in [0, 0.05) is 35.1 Å². The third-order valence-electron chi connectivity index (χ3n) is 8.42. The van der Waals surface area contributed by atoms with E-state index in [2.05, 4.69) is 31.3 Å². The lowest BCUT2D eigenvalue weighted by Gasteiger charge is -2.33. The molecule has 2 unspecified atom stereocenters. The zero-order valence-corrected chi connectivity index (χ0v) is 23.5. The number of nitriles is 1. The maximum Gasteiger partial charge on any atom is 0.203 e. The first kappa shape index (κ1) is 26.7. The molecule has 0 bridgehead atoms. The lowest BCUT2D eigenvalue weighted by molar-refractivity contribution is 0.177. The number of piperidine rings is 1. The smallest absolute Gasteiger partial charge is 0.203 e. The van der Waals surface area contributed by atoms with Gasteiger partial charge in [0.1, 0.15) is 11.6 Å². The summed E-state index contributed by atoms with van der Waals surface area (Å²) in [6.07, 6.45) is 8.78. The molecule has 0 radical (unpaired) electrons. The van der Waals surface area contributed by atoms with Gasteiger partial charge in [0.25, 0.3) is 0 Å². The zero-order valence-electron chi connectivity index (χ0n) is 22.6. The molecular formula is C30H34N6O3S. The monoisotopic (exact) mass is 558 g/mol. The van der Waals surface area contributed by atoms with E-state index in [9.17, 15) is 8.42 Å². The van der Waals surface area contributed by atoms with Gasteiger partial charge in [0.15, 0.2) is 15.5 Å². The molecular weight excluding hydrogens is 524 g/mol. The number of nitrogens with one attached hydrogen (secondary N) is 2. The highest BCUT2D eigenvalue weighted by atomic mass is 32.2. The first-order valence-electron chi connectivity index (χ1n) is 14.1. The fraction of sp³-hybridized carbons (Fsp3) is 0.467. The summed E-state index contributed by atoms with van der Waals surface area (Å²) in [6.45, 7) is 3.48. The molecule has 1 saturated heterocycles. The van der Waals surface area contributed by atoms with Crippen LogP contribution in [0.15, 0.2) is 42.7 Å². The highest BCUT2D eigenvalue weighted by Gasteiger charge is 2.39. The summed E-state index contributed by atoms with van der Waals surface area (Å²) in [5.41, 5.74) is 2.35. The number of fused-ring (bicyclic) bond motifs is 3. The molecule has 1 aliphatic heterocycles. The number of aromatic nitrogens is 4. The Morgan fingerprint density at radius 1 is 1.10 bits per heavy atom. The fourth-order valence-corrected chi connectivity index (χ4v) is 8.70. The summed E-state index contributed by atoms with van der Waals surface area (Å²) >= 11 is 0. The SMILES string of the molecule is Cc1nc2cnc3nccc3c2c(C2CCC(CS(=O)(=O)C(Oc3ccc(C#N)cc3)C3CCCNC3)CC2)[nH]1. The molecule has 4 aromatic rings. The van der Waals surface area contributed by atoms with Crippen LogP contribution in [-0.4, -0.2) is 52.6 Å². The molecule has 1 aliphatic carbocycles. The standard InChI is InChI=1S/C30H34N6O3S/c1-19-35-26-17-34-29-25(12-14-33-29)27(26)28(36-19)22-8-4-21(5-9-22)18-40(37,38)30(23-3-2-13-32-16-23)39-24-10-6-20(15-31)7-11-24/h6-7,10-12,14,17,21-23,30,32H,2-5,8-9,13,16,18H2,1H3,(H,35,36). The minimum atomic E-state index is -3.54. The van der Waals surface area contributed by atoms with Crippen LogP contribution in [0, 0.1) is 30.1 Å². The van der Waals surface area contributed by atoms with Crippen molar-refractivity contribution < 1.29 is 13.2 Å². The third kappa shape index (κ3) is 5.40. The average Bonchev–Trinajstić information content (AvgIpc) is 3.45. The Morgan fingerprint density at radius 2 is 1.90 bits per heavy atom. The Kier molecular flexibility index (Phi) is 7.43. The van der Waals surface area contributed by atoms with Gasteiger partial charge in [-0.25, -0.2) is 23.4 Å². The number of ether oxygens (including phenoxy) is 1. The molecule has 4 heterocycles. The van der Waals surface area contributed by atoms with E-state index in [1.165, 1.54) is 0 Å². The van der Waals surface area contributed by atoms with Crippen molar-refractivity contribution in [3.8, 4) is 11.8 Å². The molecule has 2 fully saturated rings. The largest absolute Gasteiger partial charge is 0.474 e. The minimum absolute atomic E-state index is 0.0846. The Hall–Kier alpha value is -3.55. The van der Waals surface area contributed by atoms with E-state index in [4.69, 9.17) is 10.00 Å². The number of aryl methyl sites for hydroxylation is 1. The van der Waals surface area contributed by atoms with E-state index >= 15 is 0 Å². The van der Waals surface area contributed by atoms with Gasteiger partial charge in [0.05, 0.1) is 29.1 Å². The number of H-pyrrole nitrogens is 1.